The van der Waals surface area contributed by atoms with Crippen LogP contribution in [0.5, 0.6) is 0 Å². The number of aryl methyl sites for hydroxylation is 1. The maximum atomic E-state index is 5.95. The third kappa shape index (κ3) is 2.54. The van der Waals surface area contributed by atoms with Crippen molar-refractivity contribution in [1.82, 2.24) is 15.0 Å². The largest absolute Gasteiger partial charge is 0.397 e. The van der Waals surface area contributed by atoms with Gasteiger partial charge < -0.3 is 10.7 Å². The summed E-state index contributed by atoms with van der Waals surface area (Å²) in [5, 5.41) is 9.56. The van der Waals surface area contributed by atoms with Gasteiger partial charge in [-0.3, -0.25) is 4.68 Å². The molecule has 6 heteroatoms. The Balaban J connectivity index is 2.11. The standard InChI is InChI=1S/C11H16N6/c1-2-16-7-9(14-15-16)8-17(13)11-6-4-3-5-10(11)12/h3-7H,2,8,12-13H2,1H3. The zero-order chi connectivity index (χ0) is 12.3. The number of nitrogens with two attached hydrogens (primary N) is 2. The molecule has 17 heavy (non-hydrogen) atoms. The van der Waals surface area contributed by atoms with E-state index in [1.54, 1.807) is 9.69 Å². The zero-order valence-corrected chi connectivity index (χ0v) is 9.74. The molecule has 4 N–H and O–H groups in total. The normalized spacial score (nSPS) is 10.5. The Morgan fingerprint density at radius 3 is 2.76 bits per heavy atom. The fourth-order valence-electron chi connectivity index (χ4n) is 1.57. The Bertz CT molecular complexity index is 492. The van der Waals surface area contributed by atoms with Gasteiger partial charge >= 0.3 is 0 Å². The van der Waals surface area contributed by atoms with Crippen LogP contribution in [0.15, 0.2) is 30.5 Å². The van der Waals surface area contributed by atoms with Gasteiger partial charge in [0.05, 0.1) is 24.1 Å². The van der Waals surface area contributed by atoms with E-state index in [1.165, 1.54) is 0 Å². The fraction of sp³-hybridized carbons (Fsp3) is 0.273. The Morgan fingerprint density at radius 2 is 2.12 bits per heavy atom. The van der Waals surface area contributed by atoms with Crippen LogP contribution in [0.1, 0.15) is 12.6 Å². The van der Waals surface area contributed by atoms with Crippen LogP contribution < -0.4 is 16.6 Å². The van der Waals surface area contributed by atoms with E-state index >= 15 is 0 Å². The molecule has 0 bridgehead atoms. The van der Waals surface area contributed by atoms with Crippen LogP contribution >= 0.6 is 0 Å². The van der Waals surface area contributed by atoms with Gasteiger partial charge in [-0.25, -0.2) is 5.84 Å². The van der Waals surface area contributed by atoms with Gasteiger partial charge in [0.2, 0.25) is 0 Å². The summed E-state index contributed by atoms with van der Waals surface area (Å²) in [5.74, 6) is 5.95. The Kier molecular flexibility index (Phi) is 3.24. The van der Waals surface area contributed by atoms with Crippen molar-refractivity contribution < 1.29 is 0 Å². The lowest BCUT2D eigenvalue weighted by Crippen LogP contribution is -2.30. The number of nitrogens with zero attached hydrogens (tertiary/aromatic N) is 4. The summed E-state index contributed by atoms with van der Waals surface area (Å²) >= 11 is 0. The van der Waals surface area contributed by atoms with Gasteiger partial charge in [-0.1, -0.05) is 17.3 Å². The lowest BCUT2D eigenvalue weighted by atomic mass is 10.2. The van der Waals surface area contributed by atoms with Crippen molar-refractivity contribution in [2.24, 2.45) is 5.84 Å². The molecule has 2 aromatic rings. The molecule has 0 unspecified atom stereocenters. The number of nitrogen functional groups attached to an aromatic ring is 1. The zero-order valence-electron chi connectivity index (χ0n) is 9.74. The molecule has 0 atom stereocenters. The lowest BCUT2D eigenvalue weighted by molar-refractivity contribution is 0.626. The van der Waals surface area contributed by atoms with E-state index in [1.807, 2.05) is 37.4 Å². The predicted octanol–water partition coefficient (Wildman–Crippen LogP) is 0.760. The first-order valence-corrected chi connectivity index (χ1v) is 5.46. The van der Waals surface area contributed by atoms with Gasteiger partial charge in [-0.2, -0.15) is 0 Å². The van der Waals surface area contributed by atoms with Gasteiger partial charge in [0, 0.05) is 6.54 Å². The summed E-state index contributed by atoms with van der Waals surface area (Å²) in [6.45, 7) is 3.28. The summed E-state index contributed by atoms with van der Waals surface area (Å²) in [6.07, 6.45) is 1.87. The first-order valence-electron chi connectivity index (χ1n) is 5.46. The second-order valence-corrected chi connectivity index (χ2v) is 3.75. The highest BCUT2D eigenvalue weighted by Crippen LogP contribution is 2.20. The number of hydrazine groups is 1. The van der Waals surface area contributed by atoms with E-state index in [2.05, 4.69) is 10.3 Å². The van der Waals surface area contributed by atoms with Crippen molar-refractivity contribution >= 4 is 11.4 Å². The number of para-hydroxylation sites is 2. The molecule has 0 aliphatic carbocycles. The van der Waals surface area contributed by atoms with Gasteiger partial charge in [0.15, 0.2) is 0 Å². The molecule has 0 saturated heterocycles. The SMILES string of the molecule is CCn1cc(CN(N)c2ccccc2N)nn1. The number of aromatic nitrogens is 3. The molecule has 1 aromatic heterocycles. The first-order chi connectivity index (χ1) is 8.20. The molecule has 0 fully saturated rings. The number of rotatable bonds is 4. The van der Waals surface area contributed by atoms with E-state index in [0.717, 1.165) is 17.9 Å². The Morgan fingerprint density at radius 1 is 1.35 bits per heavy atom. The quantitative estimate of drug-likeness (QED) is 0.462. The molecule has 1 aromatic carbocycles. The molecular formula is C11H16N6. The van der Waals surface area contributed by atoms with Gasteiger partial charge in [-0.15, -0.1) is 5.10 Å². The molecule has 2 rings (SSSR count). The van der Waals surface area contributed by atoms with Crippen molar-refractivity contribution in [2.45, 2.75) is 20.0 Å². The topological polar surface area (TPSA) is 86.0 Å². The maximum absolute atomic E-state index is 5.95. The van der Waals surface area contributed by atoms with E-state index in [9.17, 15) is 0 Å². The van der Waals surface area contributed by atoms with Crippen molar-refractivity contribution in [3.05, 3.63) is 36.2 Å². The van der Waals surface area contributed by atoms with Gasteiger partial charge in [0.25, 0.3) is 0 Å². The number of anilines is 2. The van der Waals surface area contributed by atoms with Gasteiger partial charge in [-0.05, 0) is 19.1 Å². The fourth-order valence-corrected chi connectivity index (χ4v) is 1.57. The molecule has 0 saturated carbocycles. The average molecular weight is 232 g/mol. The molecule has 1 heterocycles. The van der Waals surface area contributed by atoms with E-state index in [0.29, 0.717) is 12.2 Å². The molecule has 0 aliphatic rings. The molecular weight excluding hydrogens is 216 g/mol. The van der Waals surface area contributed by atoms with Crippen LogP contribution in [-0.2, 0) is 13.1 Å². The van der Waals surface area contributed by atoms with Crippen molar-refractivity contribution in [3.63, 3.8) is 0 Å². The molecule has 90 valence electrons. The molecule has 0 spiro atoms. The van der Waals surface area contributed by atoms with E-state index in [4.69, 9.17) is 11.6 Å². The maximum Gasteiger partial charge on any atom is 0.104 e. The smallest absolute Gasteiger partial charge is 0.104 e. The molecule has 0 radical (unpaired) electrons. The van der Waals surface area contributed by atoms with Crippen LogP contribution in [0.25, 0.3) is 0 Å². The summed E-state index contributed by atoms with van der Waals surface area (Å²) in [6, 6.07) is 7.46. The molecule has 0 aliphatic heterocycles. The third-order valence-corrected chi connectivity index (χ3v) is 2.49. The molecule has 6 nitrogen and oxygen atoms in total. The van der Waals surface area contributed by atoms with E-state index < -0.39 is 0 Å². The highest BCUT2D eigenvalue weighted by Gasteiger charge is 2.08. The monoisotopic (exact) mass is 232 g/mol. The number of hydrogen-bond donors (Lipinski definition) is 2. The minimum Gasteiger partial charge on any atom is -0.397 e. The van der Waals surface area contributed by atoms with Crippen LogP contribution in [0, 0.1) is 0 Å². The minimum absolute atomic E-state index is 0.480. The van der Waals surface area contributed by atoms with Gasteiger partial charge in [0.1, 0.15) is 5.69 Å². The van der Waals surface area contributed by atoms with Crippen LogP contribution in [-0.4, -0.2) is 15.0 Å². The first kappa shape index (κ1) is 11.4. The summed E-state index contributed by atoms with van der Waals surface area (Å²) < 4.78 is 1.76. The second kappa shape index (κ2) is 4.84. The second-order valence-electron chi connectivity index (χ2n) is 3.75. The third-order valence-electron chi connectivity index (χ3n) is 2.49. The predicted molar refractivity (Wildman–Crippen MR) is 66.9 cm³/mol. The van der Waals surface area contributed by atoms with Crippen molar-refractivity contribution in [3.8, 4) is 0 Å². The summed E-state index contributed by atoms with van der Waals surface area (Å²) in [7, 11) is 0. The Labute approximate surface area is 99.8 Å². The van der Waals surface area contributed by atoms with E-state index in [-0.39, 0.29) is 0 Å². The van der Waals surface area contributed by atoms with Crippen molar-refractivity contribution in [2.75, 3.05) is 10.7 Å². The lowest BCUT2D eigenvalue weighted by Gasteiger charge is -2.18. The summed E-state index contributed by atoms with van der Waals surface area (Å²) in [5.41, 5.74) is 8.10. The van der Waals surface area contributed by atoms with Crippen LogP contribution in [0.2, 0.25) is 0 Å². The molecule has 0 amide bonds. The highest BCUT2D eigenvalue weighted by molar-refractivity contribution is 5.66. The summed E-state index contributed by atoms with van der Waals surface area (Å²) in [4.78, 5) is 0. The number of hydrogen-bond acceptors (Lipinski definition) is 5. The van der Waals surface area contributed by atoms with Crippen LogP contribution in [0.4, 0.5) is 11.4 Å². The minimum atomic E-state index is 0.480. The number of benzene rings is 1. The van der Waals surface area contributed by atoms with Crippen molar-refractivity contribution in [1.29, 1.82) is 0 Å². The van der Waals surface area contributed by atoms with Crippen LogP contribution in [0.3, 0.4) is 0 Å². The average Bonchev–Trinajstić information content (AvgIpc) is 2.77. The Hall–Kier alpha value is -2.08. The highest BCUT2D eigenvalue weighted by atomic mass is 15.4.